The number of carbonyl (C=O) groups is 2. The quantitative estimate of drug-likeness (QED) is 0.242. The molecule has 5 nitrogen and oxygen atoms in total. The van der Waals surface area contributed by atoms with Gasteiger partial charge in [-0.2, -0.15) is 0 Å². The third kappa shape index (κ3) is 4.08. The molecule has 0 radical (unpaired) electrons. The highest BCUT2D eigenvalue weighted by atomic mass is 16.5. The number of ether oxygens (including phenoxy) is 1. The number of allylic oxidation sites excluding steroid dienone is 2. The molecule has 0 spiro atoms. The number of hydrogen-bond donors (Lipinski definition) is 2. The largest absolute Gasteiger partial charge is 0.478 e. The van der Waals surface area contributed by atoms with Gasteiger partial charge in [-0.3, -0.25) is 4.79 Å². The van der Waals surface area contributed by atoms with E-state index < -0.39 is 5.97 Å². The Hall–Kier alpha value is -1.62. The lowest BCUT2D eigenvalue weighted by molar-refractivity contribution is -0.173. The summed E-state index contributed by atoms with van der Waals surface area (Å²) < 4.78 is 5.83. The number of rotatable bonds is 6. The highest BCUT2D eigenvalue weighted by Crippen LogP contribution is 2.70. The molecular weight excluding hydrogens is 450 g/mol. The van der Waals surface area contributed by atoms with E-state index in [0.717, 1.165) is 57.8 Å². The van der Waals surface area contributed by atoms with Crippen LogP contribution in [0.15, 0.2) is 23.3 Å². The summed E-state index contributed by atoms with van der Waals surface area (Å²) in [5.74, 6) is 0.977. The van der Waals surface area contributed by atoms with Gasteiger partial charge in [0.2, 0.25) is 0 Å². The Morgan fingerprint density at radius 3 is 2.47 bits per heavy atom. The molecule has 0 amide bonds. The van der Waals surface area contributed by atoms with Gasteiger partial charge in [0.25, 0.3) is 0 Å². The van der Waals surface area contributed by atoms with Gasteiger partial charge in [0, 0.05) is 28.9 Å². The summed E-state index contributed by atoms with van der Waals surface area (Å²) in [6.45, 7) is 15.1. The number of nitrogens with two attached hydrogens (primary N) is 1. The summed E-state index contributed by atoms with van der Waals surface area (Å²) >= 11 is 0. The number of carbonyl (C=O) groups excluding carboxylic acids is 1. The fourth-order valence-electron chi connectivity index (χ4n) is 9.55. The van der Waals surface area contributed by atoms with Crippen LogP contribution in [0.5, 0.6) is 0 Å². The average Bonchev–Trinajstić information content (AvgIpc) is 3.07. The van der Waals surface area contributed by atoms with Crippen molar-refractivity contribution >= 4 is 11.9 Å². The van der Waals surface area contributed by atoms with E-state index in [1.165, 1.54) is 6.92 Å². The SMILES string of the molecule is CC(=O)O[C@@H]1CC[C@]2(C)C3CC[C@@]4(N)[C@H](C(C)CC/C=C(/C)C(=O)O)CC[C@]4(C)C3=CCC2C1(C)C. The van der Waals surface area contributed by atoms with Crippen LogP contribution in [0.1, 0.15) is 106 Å². The monoisotopic (exact) mass is 499 g/mol. The van der Waals surface area contributed by atoms with Gasteiger partial charge in [-0.05, 0) is 93.8 Å². The highest BCUT2D eigenvalue weighted by molar-refractivity contribution is 5.85. The van der Waals surface area contributed by atoms with E-state index in [4.69, 9.17) is 10.5 Å². The third-order valence-corrected chi connectivity index (χ3v) is 11.7. The van der Waals surface area contributed by atoms with Crippen LogP contribution in [0.25, 0.3) is 0 Å². The average molecular weight is 500 g/mol. The molecule has 3 N–H and O–H groups in total. The maximum atomic E-state index is 11.8. The molecule has 4 aliphatic carbocycles. The molecule has 4 rings (SSSR count). The molecular formula is C31H49NO4. The molecule has 3 fully saturated rings. The Morgan fingerprint density at radius 1 is 1.14 bits per heavy atom. The molecule has 8 atom stereocenters. The Kier molecular flexibility index (Phi) is 7.07. The Morgan fingerprint density at radius 2 is 1.83 bits per heavy atom. The third-order valence-electron chi connectivity index (χ3n) is 11.7. The second kappa shape index (κ2) is 9.29. The summed E-state index contributed by atoms with van der Waals surface area (Å²) in [4.78, 5) is 23.0. The predicted octanol–water partition coefficient (Wildman–Crippen LogP) is 6.66. The van der Waals surface area contributed by atoms with Crippen LogP contribution >= 0.6 is 0 Å². The lowest BCUT2D eigenvalue weighted by atomic mass is 9.42. The lowest BCUT2D eigenvalue weighted by Gasteiger charge is -2.64. The molecule has 3 unspecified atom stereocenters. The van der Waals surface area contributed by atoms with Crippen LogP contribution in [0.3, 0.4) is 0 Å². The molecule has 0 aliphatic heterocycles. The summed E-state index contributed by atoms with van der Waals surface area (Å²) in [6, 6.07) is 0. The minimum Gasteiger partial charge on any atom is -0.478 e. The molecule has 0 saturated heterocycles. The van der Waals surface area contributed by atoms with E-state index >= 15 is 0 Å². The molecule has 202 valence electrons. The van der Waals surface area contributed by atoms with Gasteiger partial charge < -0.3 is 15.6 Å². The van der Waals surface area contributed by atoms with Crippen LogP contribution in [-0.4, -0.2) is 28.7 Å². The van der Waals surface area contributed by atoms with Gasteiger partial charge in [0.15, 0.2) is 0 Å². The van der Waals surface area contributed by atoms with Gasteiger partial charge in [-0.25, -0.2) is 4.79 Å². The van der Waals surface area contributed by atoms with Crippen LogP contribution < -0.4 is 5.73 Å². The van der Waals surface area contributed by atoms with E-state index in [1.54, 1.807) is 12.5 Å². The first-order valence-corrected chi connectivity index (χ1v) is 14.2. The first-order valence-electron chi connectivity index (χ1n) is 14.2. The molecule has 3 saturated carbocycles. The number of carboxylic acid groups (broad SMARTS) is 1. The second-order valence-electron chi connectivity index (χ2n) is 13.8. The fraction of sp³-hybridized carbons (Fsp3) is 0.806. The molecule has 5 heteroatoms. The van der Waals surface area contributed by atoms with E-state index in [-0.39, 0.29) is 33.9 Å². The van der Waals surface area contributed by atoms with Crippen LogP contribution in [0.4, 0.5) is 0 Å². The van der Waals surface area contributed by atoms with E-state index in [1.807, 2.05) is 6.08 Å². The minimum atomic E-state index is -0.828. The van der Waals surface area contributed by atoms with Gasteiger partial charge in [-0.1, -0.05) is 52.3 Å². The molecule has 0 bridgehead atoms. The molecule has 0 aromatic rings. The number of carboxylic acids is 1. The van der Waals surface area contributed by atoms with E-state index in [2.05, 4.69) is 40.7 Å². The standard InChI is InChI=1S/C31H49NO4/c1-19(9-8-10-20(2)27(34)35)22-13-17-30(7)24-11-12-25-28(4,5)26(36-21(3)33)15-16-29(25,6)23(24)14-18-31(22,30)32/h10-11,19,22-23,25-26H,8-9,12-18,32H2,1-7H3,(H,34,35)/b20-10-/t19?,22-,23?,25?,26+,29+,30+,31+/m0/s1. The van der Waals surface area contributed by atoms with Gasteiger partial charge in [0.05, 0.1) is 0 Å². The topological polar surface area (TPSA) is 89.6 Å². The van der Waals surface area contributed by atoms with Crippen LogP contribution in [-0.2, 0) is 14.3 Å². The van der Waals surface area contributed by atoms with Crippen molar-refractivity contribution in [1.29, 1.82) is 0 Å². The van der Waals surface area contributed by atoms with E-state index in [0.29, 0.717) is 29.2 Å². The summed E-state index contributed by atoms with van der Waals surface area (Å²) in [5.41, 5.74) is 9.49. The van der Waals surface area contributed by atoms with Crippen molar-refractivity contribution in [2.45, 2.75) is 118 Å². The first kappa shape index (κ1) is 27.4. The lowest BCUT2D eigenvalue weighted by Crippen LogP contribution is -2.64. The van der Waals surface area contributed by atoms with E-state index in [9.17, 15) is 14.7 Å². The zero-order valence-electron chi connectivity index (χ0n) is 23.7. The zero-order valence-corrected chi connectivity index (χ0v) is 23.7. The molecule has 0 heterocycles. The van der Waals surface area contributed by atoms with Gasteiger partial charge in [0.1, 0.15) is 6.10 Å². The Balaban J connectivity index is 1.57. The minimum absolute atomic E-state index is 0.00803. The number of esters is 1. The van der Waals surface area contributed by atoms with Gasteiger partial charge in [-0.15, -0.1) is 0 Å². The molecule has 4 aliphatic rings. The molecule has 0 aromatic heterocycles. The summed E-state index contributed by atoms with van der Waals surface area (Å²) in [7, 11) is 0. The second-order valence-corrected chi connectivity index (χ2v) is 13.8. The number of fused-ring (bicyclic) bond motifs is 5. The van der Waals surface area contributed by atoms with Crippen molar-refractivity contribution in [3.05, 3.63) is 23.3 Å². The number of hydrogen-bond acceptors (Lipinski definition) is 4. The Bertz CT molecular complexity index is 966. The zero-order chi connectivity index (χ0) is 26.7. The normalized spacial score (nSPS) is 42.4. The fourth-order valence-corrected chi connectivity index (χ4v) is 9.55. The van der Waals surface area contributed by atoms with Crippen molar-refractivity contribution in [1.82, 2.24) is 0 Å². The van der Waals surface area contributed by atoms with Crippen LogP contribution in [0.2, 0.25) is 0 Å². The Labute approximate surface area is 218 Å². The molecule has 0 aromatic carbocycles. The van der Waals surface area contributed by atoms with Gasteiger partial charge >= 0.3 is 11.9 Å². The smallest absolute Gasteiger partial charge is 0.330 e. The summed E-state index contributed by atoms with van der Waals surface area (Å²) in [5, 5.41) is 9.17. The van der Waals surface area contributed by atoms with Crippen molar-refractivity contribution in [3.63, 3.8) is 0 Å². The number of aliphatic carboxylic acids is 1. The van der Waals surface area contributed by atoms with Crippen molar-refractivity contribution < 1.29 is 19.4 Å². The summed E-state index contributed by atoms with van der Waals surface area (Å²) in [6.07, 6.45) is 13.8. The maximum absolute atomic E-state index is 11.8. The van der Waals surface area contributed by atoms with Crippen molar-refractivity contribution in [2.75, 3.05) is 0 Å². The predicted molar refractivity (Wildman–Crippen MR) is 143 cm³/mol. The maximum Gasteiger partial charge on any atom is 0.330 e. The highest BCUT2D eigenvalue weighted by Gasteiger charge is 2.66. The van der Waals surface area contributed by atoms with Crippen molar-refractivity contribution in [3.8, 4) is 0 Å². The van der Waals surface area contributed by atoms with Crippen LogP contribution in [0, 0.1) is 39.9 Å². The molecule has 36 heavy (non-hydrogen) atoms. The first-order chi connectivity index (χ1) is 16.7. The van der Waals surface area contributed by atoms with Crippen molar-refractivity contribution in [2.24, 2.45) is 45.7 Å².